The lowest BCUT2D eigenvalue weighted by atomic mass is 10.2. The van der Waals surface area contributed by atoms with Gasteiger partial charge in [-0.1, -0.05) is 23.7 Å². The minimum atomic E-state index is 0.507. The van der Waals surface area contributed by atoms with Crippen molar-refractivity contribution in [2.24, 2.45) is 0 Å². The minimum Gasteiger partial charge on any atom is -0.492 e. The zero-order valence-corrected chi connectivity index (χ0v) is 13.5. The van der Waals surface area contributed by atoms with Gasteiger partial charge in [0.2, 0.25) is 0 Å². The van der Waals surface area contributed by atoms with Crippen LogP contribution >= 0.6 is 23.8 Å². The summed E-state index contributed by atoms with van der Waals surface area (Å²) in [5.74, 6) is 0.775. The highest BCUT2D eigenvalue weighted by atomic mass is 35.5. The first-order valence-electron chi connectivity index (χ1n) is 6.66. The molecule has 0 aliphatic heterocycles. The highest BCUT2D eigenvalue weighted by Gasteiger charge is 2.06. The monoisotopic (exact) mass is 320 g/mol. The fourth-order valence-electron chi connectivity index (χ4n) is 1.89. The summed E-state index contributed by atoms with van der Waals surface area (Å²) in [7, 11) is 0. The van der Waals surface area contributed by atoms with Crippen LogP contribution in [-0.4, -0.2) is 11.7 Å². The van der Waals surface area contributed by atoms with Crippen molar-refractivity contribution in [2.45, 2.75) is 13.8 Å². The molecule has 0 aliphatic rings. The van der Waals surface area contributed by atoms with Crippen molar-refractivity contribution in [2.75, 3.05) is 17.2 Å². The van der Waals surface area contributed by atoms with E-state index in [4.69, 9.17) is 28.6 Å². The fraction of sp³-hybridized carbons (Fsp3) is 0.188. The van der Waals surface area contributed by atoms with Crippen LogP contribution in [0.5, 0.6) is 5.75 Å². The zero-order valence-electron chi connectivity index (χ0n) is 11.9. The molecule has 5 heteroatoms. The van der Waals surface area contributed by atoms with Crippen molar-refractivity contribution in [3.05, 3.63) is 53.1 Å². The number of anilines is 2. The molecule has 2 rings (SSSR count). The summed E-state index contributed by atoms with van der Waals surface area (Å²) in [5, 5.41) is 7.52. The second-order valence-corrected chi connectivity index (χ2v) is 5.31. The van der Waals surface area contributed by atoms with Crippen molar-refractivity contribution in [1.29, 1.82) is 0 Å². The predicted octanol–water partition coefficient (Wildman–Crippen LogP) is 4.86. The van der Waals surface area contributed by atoms with Crippen molar-refractivity contribution >= 4 is 40.3 Å². The molecule has 0 atom stereocenters. The number of benzene rings is 2. The summed E-state index contributed by atoms with van der Waals surface area (Å²) < 4.78 is 5.56. The van der Waals surface area contributed by atoms with E-state index in [0.717, 1.165) is 22.7 Å². The number of hydrogen-bond donors (Lipinski definition) is 2. The molecule has 21 heavy (non-hydrogen) atoms. The molecule has 110 valence electrons. The van der Waals surface area contributed by atoms with E-state index in [1.807, 2.05) is 56.3 Å². The molecule has 2 aromatic carbocycles. The van der Waals surface area contributed by atoms with Crippen molar-refractivity contribution in [3.8, 4) is 5.75 Å². The number of aryl methyl sites for hydroxylation is 1. The van der Waals surface area contributed by atoms with E-state index in [9.17, 15) is 0 Å². The number of thiocarbonyl (C=S) groups is 1. The Morgan fingerprint density at radius 1 is 1.14 bits per heavy atom. The van der Waals surface area contributed by atoms with Crippen molar-refractivity contribution in [3.63, 3.8) is 0 Å². The smallest absolute Gasteiger partial charge is 0.175 e. The van der Waals surface area contributed by atoms with E-state index >= 15 is 0 Å². The quantitative estimate of drug-likeness (QED) is 0.788. The molecule has 2 N–H and O–H groups in total. The van der Waals surface area contributed by atoms with Gasteiger partial charge in [0, 0.05) is 10.7 Å². The molecular weight excluding hydrogens is 304 g/mol. The fourth-order valence-corrected chi connectivity index (χ4v) is 2.34. The Balaban J connectivity index is 2.08. The normalized spacial score (nSPS) is 10.0. The Morgan fingerprint density at radius 2 is 1.86 bits per heavy atom. The van der Waals surface area contributed by atoms with Crippen molar-refractivity contribution < 1.29 is 4.74 Å². The Hall–Kier alpha value is -1.78. The largest absolute Gasteiger partial charge is 0.492 e. The number of halogens is 1. The Labute approximate surface area is 135 Å². The summed E-state index contributed by atoms with van der Waals surface area (Å²) >= 11 is 11.3. The van der Waals surface area contributed by atoms with Gasteiger partial charge in [0.05, 0.1) is 12.3 Å². The molecular formula is C16H17ClN2OS. The maximum atomic E-state index is 5.95. The van der Waals surface area contributed by atoms with E-state index < -0.39 is 0 Å². The molecule has 0 unspecified atom stereocenters. The molecule has 0 saturated heterocycles. The molecule has 0 aromatic heterocycles. The molecule has 0 saturated carbocycles. The van der Waals surface area contributed by atoms with Crippen LogP contribution < -0.4 is 15.4 Å². The van der Waals surface area contributed by atoms with Gasteiger partial charge in [-0.15, -0.1) is 0 Å². The van der Waals surface area contributed by atoms with Crippen LogP contribution in [0.25, 0.3) is 0 Å². The van der Waals surface area contributed by atoms with Crippen LogP contribution in [0.1, 0.15) is 12.5 Å². The Kier molecular flexibility index (Phi) is 5.42. The predicted molar refractivity (Wildman–Crippen MR) is 93.6 cm³/mol. The molecule has 0 heterocycles. The van der Waals surface area contributed by atoms with E-state index in [-0.39, 0.29) is 0 Å². The number of para-hydroxylation sites is 2. The van der Waals surface area contributed by atoms with Gasteiger partial charge in [-0.05, 0) is 62.0 Å². The van der Waals surface area contributed by atoms with Crippen LogP contribution in [0.4, 0.5) is 11.4 Å². The van der Waals surface area contributed by atoms with Crippen LogP contribution in [0.15, 0.2) is 42.5 Å². The summed E-state index contributed by atoms with van der Waals surface area (Å²) in [6.07, 6.45) is 0. The third-order valence-corrected chi connectivity index (χ3v) is 3.31. The first kappa shape index (κ1) is 15.6. The van der Waals surface area contributed by atoms with Gasteiger partial charge < -0.3 is 15.4 Å². The third kappa shape index (κ3) is 4.34. The lowest BCUT2D eigenvalue weighted by molar-refractivity contribution is 0.342. The van der Waals surface area contributed by atoms with Crippen molar-refractivity contribution in [1.82, 2.24) is 0 Å². The lowest BCUT2D eigenvalue weighted by Crippen LogP contribution is -2.20. The standard InChI is InChI=1S/C16H17ClN2OS/c1-3-20-15-7-5-4-6-14(15)19-16(21)18-13-9-8-12(17)10-11(13)2/h4-10H,3H2,1-2H3,(H2,18,19,21). The van der Waals surface area contributed by atoms with Crippen LogP contribution in [-0.2, 0) is 0 Å². The van der Waals surface area contributed by atoms with Gasteiger partial charge in [-0.3, -0.25) is 0 Å². The number of ether oxygens (including phenoxy) is 1. The summed E-state index contributed by atoms with van der Waals surface area (Å²) in [6, 6.07) is 13.3. The zero-order chi connectivity index (χ0) is 15.2. The maximum Gasteiger partial charge on any atom is 0.175 e. The van der Waals surface area contributed by atoms with E-state index in [2.05, 4.69) is 10.6 Å². The average molecular weight is 321 g/mol. The van der Waals surface area contributed by atoms with Gasteiger partial charge in [0.15, 0.2) is 5.11 Å². The molecule has 2 aromatic rings. The molecule has 0 aliphatic carbocycles. The molecule has 3 nitrogen and oxygen atoms in total. The lowest BCUT2D eigenvalue weighted by Gasteiger charge is -2.15. The first-order chi connectivity index (χ1) is 10.1. The van der Waals surface area contributed by atoms with Gasteiger partial charge in [-0.2, -0.15) is 0 Å². The first-order valence-corrected chi connectivity index (χ1v) is 7.44. The third-order valence-electron chi connectivity index (χ3n) is 2.87. The molecule has 0 spiro atoms. The Bertz CT molecular complexity index is 646. The minimum absolute atomic E-state index is 0.507. The van der Waals surface area contributed by atoms with Gasteiger partial charge >= 0.3 is 0 Å². The highest BCUT2D eigenvalue weighted by Crippen LogP contribution is 2.24. The molecule has 0 bridgehead atoms. The maximum absolute atomic E-state index is 5.95. The summed E-state index contributed by atoms with van der Waals surface area (Å²) in [6.45, 7) is 4.53. The molecule has 0 fully saturated rings. The van der Waals surface area contributed by atoms with E-state index in [1.165, 1.54) is 0 Å². The molecule has 0 amide bonds. The second-order valence-electron chi connectivity index (χ2n) is 4.47. The summed E-state index contributed by atoms with van der Waals surface area (Å²) in [4.78, 5) is 0. The Morgan fingerprint density at radius 3 is 2.57 bits per heavy atom. The number of hydrogen-bond acceptors (Lipinski definition) is 2. The average Bonchev–Trinajstić information content (AvgIpc) is 2.44. The van der Waals surface area contributed by atoms with Gasteiger partial charge in [0.1, 0.15) is 5.75 Å². The van der Waals surface area contributed by atoms with Crippen LogP contribution in [0.3, 0.4) is 0 Å². The van der Waals surface area contributed by atoms with E-state index in [1.54, 1.807) is 0 Å². The summed E-state index contributed by atoms with van der Waals surface area (Å²) in [5.41, 5.74) is 2.79. The SMILES string of the molecule is CCOc1ccccc1NC(=S)Nc1ccc(Cl)cc1C. The number of nitrogens with one attached hydrogen (secondary N) is 2. The number of rotatable bonds is 4. The van der Waals surface area contributed by atoms with Crippen LogP contribution in [0.2, 0.25) is 5.02 Å². The van der Waals surface area contributed by atoms with Gasteiger partial charge in [-0.25, -0.2) is 0 Å². The van der Waals surface area contributed by atoms with Gasteiger partial charge in [0.25, 0.3) is 0 Å². The topological polar surface area (TPSA) is 33.3 Å². The molecule has 0 radical (unpaired) electrons. The van der Waals surface area contributed by atoms with Crippen LogP contribution in [0, 0.1) is 6.92 Å². The van der Waals surface area contributed by atoms with E-state index in [0.29, 0.717) is 16.7 Å². The highest BCUT2D eigenvalue weighted by molar-refractivity contribution is 7.80. The second kappa shape index (κ2) is 7.29.